The summed E-state index contributed by atoms with van der Waals surface area (Å²) in [6.45, 7) is 2.09. The zero-order chi connectivity index (χ0) is 8.77. The highest BCUT2D eigenvalue weighted by Gasteiger charge is 2.44. The van der Waals surface area contributed by atoms with Crippen LogP contribution in [0.5, 0.6) is 0 Å². The van der Waals surface area contributed by atoms with E-state index in [0.717, 1.165) is 0 Å². The van der Waals surface area contributed by atoms with Gasteiger partial charge >= 0.3 is 6.09 Å². The van der Waals surface area contributed by atoms with Crippen molar-refractivity contribution in [2.24, 2.45) is 5.41 Å². The average molecular weight is 165 g/mol. The molecule has 1 aliphatic carbocycles. The molecule has 1 heterocycles. The minimum atomic E-state index is -0.288. The maximum atomic E-state index is 11.2. The molecule has 0 aromatic heterocycles. The number of rotatable bonds is 0. The van der Waals surface area contributed by atoms with E-state index >= 15 is 0 Å². The molecule has 2 aliphatic rings. The molecule has 2 unspecified atom stereocenters. The van der Waals surface area contributed by atoms with E-state index in [4.69, 9.17) is 0 Å². The fraction of sp³-hybridized carbons (Fsp3) is 0.444. The first-order valence-electron chi connectivity index (χ1n) is 3.92. The molecule has 12 heavy (non-hydrogen) atoms. The van der Waals surface area contributed by atoms with Crippen LogP contribution in [0.4, 0.5) is 4.79 Å². The van der Waals surface area contributed by atoms with Gasteiger partial charge < -0.3 is 4.74 Å². The molecule has 1 aliphatic heterocycles. The van der Waals surface area contributed by atoms with Crippen LogP contribution in [0.1, 0.15) is 6.92 Å². The van der Waals surface area contributed by atoms with Gasteiger partial charge in [-0.1, -0.05) is 25.2 Å². The Bertz CT molecular complexity index is 282. The summed E-state index contributed by atoms with van der Waals surface area (Å²) < 4.78 is 4.63. The van der Waals surface area contributed by atoms with Gasteiger partial charge in [-0.15, -0.1) is 0 Å². The van der Waals surface area contributed by atoms with E-state index in [2.05, 4.69) is 17.7 Å². The number of nitrogens with zero attached hydrogens (tertiary/aromatic N) is 1. The molecule has 0 fully saturated rings. The van der Waals surface area contributed by atoms with Gasteiger partial charge in [-0.3, -0.25) is 4.90 Å². The van der Waals surface area contributed by atoms with Gasteiger partial charge in [-0.2, -0.15) is 0 Å². The van der Waals surface area contributed by atoms with Crippen molar-refractivity contribution >= 4 is 6.09 Å². The van der Waals surface area contributed by atoms with Crippen LogP contribution in [0, 0.1) is 5.41 Å². The van der Waals surface area contributed by atoms with Crippen LogP contribution in [0.15, 0.2) is 24.4 Å². The predicted octanol–water partition coefficient (Wildman–Crippen LogP) is 1.53. The zero-order valence-electron chi connectivity index (χ0n) is 7.15. The van der Waals surface area contributed by atoms with E-state index in [-0.39, 0.29) is 17.6 Å². The third kappa shape index (κ3) is 0.734. The third-order valence-corrected chi connectivity index (χ3v) is 2.55. The Labute approximate surface area is 71.3 Å². The number of ether oxygens (including phenoxy) is 1. The van der Waals surface area contributed by atoms with Crippen molar-refractivity contribution in [3.05, 3.63) is 24.4 Å². The van der Waals surface area contributed by atoms with Crippen molar-refractivity contribution in [3.63, 3.8) is 0 Å². The van der Waals surface area contributed by atoms with Crippen LogP contribution in [0.3, 0.4) is 0 Å². The first-order valence-corrected chi connectivity index (χ1v) is 3.92. The number of amides is 1. The molecule has 0 spiro atoms. The highest BCUT2D eigenvalue weighted by Crippen LogP contribution is 2.42. The molecule has 0 aromatic rings. The monoisotopic (exact) mass is 165 g/mol. The summed E-state index contributed by atoms with van der Waals surface area (Å²) >= 11 is 0. The molecule has 2 rings (SSSR count). The lowest BCUT2D eigenvalue weighted by Gasteiger charge is -2.37. The van der Waals surface area contributed by atoms with Gasteiger partial charge in [0.1, 0.15) is 0 Å². The van der Waals surface area contributed by atoms with Crippen LogP contribution in [0.25, 0.3) is 0 Å². The second-order valence-corrected chi connectivity index (χ2v) is 3.36. The van der Waals surface area contributed by atoms with Crippen molar-refractivity contribution in [2.75, 3.05) is 7.11 Å². The molecular weight excluding hydrogens is 154 g/mol. The molecule has 64 valence electrons. The molecule has 0 N–H and O–H groups in total. The Morgan fingerprint density at radius 3 is 2.75 bits per heavy atom. The number of carbonyl (C=O) groups excluding carboxylic acids is 1. The quantitative estimate of drug-likeness (QED) is 0.509. The van der Waals surface area contributed by atoms with Gasteiger partial charge in [0.15, 0.2) is 0 Å². The highest BCUT2D eigenvalue weighted by molar-refractivity contribution is 5.71. The standard InChI is InChI=1S/C9H11NO2/c1-9-4-3-7(9)10(6-5-9)8(11)12-2/h3-7H,1-2H3. The summed E-state index contributed by atoms with van der Waals surface area (Å²) in [4.78, 5) is 12.8. The molecule has 3 heteroatoms. The maximum Gasteiger partial charge on any atom is 0.414 e. The Morgan fingerprint density at radius 1 is 1.58 bits per heavy atom. The summed E-state index contributed by atoms with van der Waals surface area (Å²) in [6.07, 6.45) is 7.63. The third-order valence-electron chi connectivity index (χ3n) is 2.55. The lowest BCUT2D eigenvalue weighted by atomic mass is 9.75. The van der Waals surface area contributed by atoms with Crippen molar-refractivity contribution in [2.45, 2.75) is 13.0 Å². The highest BCUT2D eigenvalue weighted by atomic mass is 16.5. The Balaban J connectivity index is 2.19. The molecule has 1 amide bonds. The normalized spacial score (nSPS) is 36.2. The molecule has 2 atom stereocenters. The lowest BCUT2D eigenvalue weighted by Crippen LogP contribution is -2.44. The Hall–Kier alpha value is -1.25. The molecule has 0 aromatic carbocycles. The number of fused-ring (bicyclic) bond motifs is 1. The molecule has 0 radical (unpaired) electrons. The molecule has 3 nitrogen and oxygen atoms in total. The van der Waals surface area contributed by atoms with Gasteiger partial charge in [0.25, 0.3) is 0 Å². The lowest BCUT2D eigenvalue weighted by molar-refractivity contribution is 0.123. The van der Waals surface area contributed by atoms with E-state index in [1.54, 1.807) is 11.1 Å². The van der Waals surface area contributed by atoms with Gasteiger partial charge in [-0.25, -0.2) is 4.79 Å². The van der Waals surface area contributed by atoms with Crippen LogP contribution in [-0.2, 0) is 4.74 Å². The van der Waals surface area contributed by atoms with E-state index in [1.807, 2.05) is 12.2 Å². The smallest absolute Gasteiger partial charge is 0.414 e. The van der Waals surface area contributed by atoms with Crippen molar-refractivity contribution in [1.29, 1.82) is 0 Å². The van der Waals surface area contributed by atoms with Gasteiger partial charge in [0.05, 0.1) is 13.2 Å². The zero-order valence-corrected chi connectivity index (χ0v) is 7.15. The van der Waals surface area contributed by atoms with E-state index in [0.29, 0.717) is 0 Å². The molecular formula is C9H11NO2. The van der Waals surface area contributed by atoms with Crippen molar-refractivity contribution in [1.82, 2.24) is 4.90 Å². The molecule has 0 saturated heterocycles. The van der Waals surface area contributed by atoms with E-state index in [1.165, 1.54) is 7.11 Å². The number of hydrogen-bond donors (Lipinski definition) is 0. The summed E-state index contributed by atoms with van der Waals surface area (Å²) in [7, 11) is 1.40. The van der Waals surface area contributed by atoms with Gasteiger partial charge in [0.2, 0.25) is 0 Å². The summed E-state index contributed by atoms with van der Waals surface area (Å²) in [5.41, 5.74) is 0.0498. The number of hydrogen-bond acceptors (Lipinski definition) is 2. The van der Waals surface area contributed by atoms with Crippen LogP contribution in [-0.4, -0.2) is 24.1 Å². The number of carbonyl (C=O) groups is 1. The van der Waals surface area contributed by atoms with Crippen molar-refractivity contribution < 1.29 is 9.53 Å². The van der Waals surface area contributed by atoms with Crippen molar-refractivity contribution in [3.8, 4) is 0 Å². The first kappa shape index (κ1) is 7.40. The van der Waals surface area contributed by atoms with Crippen LogP contribution < -0.4 is 0 Å². The topological polar surface area (TPSA) is 29.5 Å². The van der Waals surface area contributed by atoms with Crippen LogP contribution >= 0.6 is 0 Å². The largest absolute Gasteiger partial charge is 0.452 e. The SMILES string of the molecule is COC(=O)N1C=CC2(C)C=CC12. The first-order chi connectivity index (χ1) is 5.67. The maximum absolute atomic E-state index is 11.2. The summed E-state index contributed by atoms with van der Waals surface area (Å²) in [5, 5.41) is 0. The minimum Gasteiger partial charge on any atom is -0.452 e. The fourth-order valence-corrected chi connectivity index (χ4v) is 1.65. The second-order valence-electron chi connectivity index (χ2n) is 3.36. The van der Waals surface area contributed by atoms with E-state index in [9.17, 15) is 4.79 Å². The van der Waals surface area contributed by atoms with Gasteiger partial charge in [-0.05, 0) is 0 Å². The number of methoxy groups -OCH3 is 1. The Kier molecular flexibility index (Phi) is 1.31. The summed E-state index contributed by atoms with van der Waals surface area (Å²) in [6, 6.07) is 0.171. The molecule has 0 bridgehead atoms. The van der Waals surface area contributed by atoms with E-state index < -0.39 is 0 Å². The van der Waals surface area contributed by atoms with Gasteiger partial charge in [0, 0.05) is 11.6 Å². The summed E-state index contributed by atoms with van der Waals surface area (Å²) in [5.74, 6) is 0. The fourth-order valence-electron chi connectivity index (χ4n) is 1.65. The predicted molar refractivity (Wildman–Crippen MR) is 44.4 cm³/mol. The Morgan fingerprint density at radius 2 is 2.33 bits per heavy atom. The second kappa shape index (κ2) is 2.12. The average Bonchev–Trinajstić information content (AvgIpc) is 2.27. The van der Waals surface area contributed by atoms with Crippen LogP contribution in [0.2, 0.25) is 0 Å². The minimum absolute atomic E-state index is 0.0498. The molecule has 0 saturated carbocycles.